The third-order valence-corrected chi connectivity index (χ3v) is 4.67. The van der Waals surface area contributed by atoms with Gasteiger partial charge in [-0.15, -0.1) is 0 Å². The highest BCUT2D eigenvalue weighted by molar-refractivity contribution is 5.73. The third kappa shape index (κ3) is 2.00. The summed E-state index contributed by atoms with van der Waals surface area (Å²) in [4.78, 5) is 13.4. The molecule has 0 aliphatic carbocycles. The van der Waals surface area contributed by atoms with Crippen LogP contribution in [0.1, 0.15) is 30.9 Å². The van der Waals surface area contributed by atoms with Gasteiger partial charge in [0.1, 0.15) is 0 Å². The first kappa shape index (κ1) is 12.5. The van der Waals surface area contributed by atoms with Crippen LogP contribution in [0.2, 0.25) is 0 Å². The van der Waals surface area contributed by atoms with Gasteiger partial charge in [0, 0.05) is 44.2 Å². The maximum atomic E-state index is 11.4. The average molecular weight is 259 g/mol. The molecule has 1 amide bonds. The molecule has 2 aliphatic rings. The Morgan fingerprint density at radius 2 is 2.16 bits per heavy atom. The van der Waals surface area contributed by atoms with Crippen LogP contribution in [0.3, 0.4) is 0 Å². The number of hydrogen-bond acceptors (Lipinski definition) is 3. The minimum absolute atomic E-state index is 0.191. The number of nitrogens with two attached hydrogens (primary N) is 1. The molecule has 1 spiro atoms. The molecule has 3 rings (SSSR count). The normalized spacial score (nSPS) is 20.2. The summed E-state index contributed by atoms with van der Waals surface area (Å²) in [6, 6.07) is 6.48. The van der Waals surface area contributed by atoms with Crippen LogP contribution in [-0.4, -0.2) is 30.4 Å². The fourth-order valence-electron chi connectivity index (χ4n) is 3.37. The van der Waals surface area contributed by atoms with Crippen molar-refractivity contribution in [1.82, 2.24) is 4.90 Å². The van der Waals surface area contributed by atoms with Gasteiger partial charge in [0.05, 0.1) is 0 Å². The fourth-order valence-corrected chi connectivity index (χ4v) is 3.37. The van der Waals surface area contributed by atoms with E-state index in [2.05, 4.69) is 23.5 Å². The zero-order valence-corrected chi connectivity index (χ0v) is 11.4. The Hall–Kier alpha value is -1.55. The molecule has 102 valence electrons. The highest BCUT2D eigenvalue weighted by Gasteiger charge is 2.41. The molecule has 4 nitrogen and oxygen atoms in total. The SMILES string of the molecule is CC(=O)N1CCC2(CC1)CNc1ccc(CN)cc12. The lowest BCUT2D eigenvalue weighted by Crippen LogP contribution is -2.45. The van der Waals surface area contributed by atoms with E-state index >= 15 is 0 Å². The van der Waals surface area contributed by atoms with Crippen molar-refractivity contribution < 1.29 is 4.79 Å². The summed E-state index contributed by atoms with van der Waals surface area (Å²) in [6.07, 6.45) is 2.08. The molecule has 19 heavy (non-hydrogen) atoms. The summed E-state index contributed by atoms with van der Waals surface area (Å²) in [5.41, 5.74) is 9.79. The van der Waals surface area contributed by atoms with E-state index in [1.807, 2.05) is 4.90 Å². The molecule has 1 aromatic carbocycles. The van der Waals surface area contributed by atoms with Gasteiger partial charge in [0.2, 0.25) is 5.91 Å². The first-order valence-electron chi connectivity index (χ1n) is 6.97. The number of hydrogen-bond donors (Lipinski definition) is 2. The zero-order valence-electron chi connectivity index (χ0n) is 11.4. The Morgan fingerprint density at radius 3 is 2.79 bits per heavy atom. The van der Waals surface area contributed by atoms with Crippen molar-refractivity contribution in [2.45, 2.75) is 31.7 Å². The molecule has 4 heteroatoms. The van der Waals surface area contributed by atoms with Crippen LogP contribution < -0.4 is 11.1 Å². The number of anilines is 1. The van der Waals surface area contributed by atoms with E-state index in [0.29, 0.717) is 6.54 Å². The van der Waals surface area contributed by atoms with Crippen LogP contribution in [0, 0.1) is 0 Å². The average Bonchev–Trinajstić information content (AvgIpc) is 2.78. The molecule has 2 aliphatic heterocycles. The Labute approximate surface area is 114 Å². The molecular formula is C15H21N3O. The number of benzene rings is 1. The minimum Gasteiger partial charge on any atom is -0.384 e. The number of rotatable bonds is 1. The maximum Gasteiger partial charge on any atom is 0.219 e. The molecule has 0 atom stereocenters. The maximum absolute atomic E-state index is 11.4. The largest absolute Gasteiger partial charge is 0.384 e. The van der Waals surface area contributed by atoms with E-state index in [4.69, 9.17) is 5.73 Å². The van der Waals surface area contributed by atoms with Gasteiger partial charge in [0.15, 0.2) is 0 Å². The lowest BCUT2D eigenvalue weighted by Gasteiger charge is -2.39. The van der Waals surface area contributed by atoms with Crippen molar-refractivity contribution >= 4 is 11.6 Å². The first-order chi connectivity index (χ1) is 9.14. The molecular weight excluding hydrogens is 238 g/mol. The first-order valence-corrected chi connectivity index (χ1v) is 6.97. The van der Waals surface area contributed by atoms with Crippen LogP contribution in [0.15, 0.2) is 18.2 Å². The molecule has 1 aromatic rings. The summed E-state index contributed by atoms with van der Waals surface area (Å²) < 4.78 is 0. The summed E-state index contributed by atoms with van der Waals surface area (Å²) in [5, 5.41) is 3.51. The van der Waals surface area contributed by atoms with Crippen molar-refractivity contribution in [1.29, 1.82) is 0 Å². The summed E-state index contributed by atoms with van der Waals surface area (Å²) in [6.45, 7) is 4.96. The van der Waals surface area contributed by atoms with Gasteiger partial charge in [0.25, 0.3) is 0 Å². The molecule has 1 saturated heterocycles. The number of piperidine rings is 1. The van der Waals surface area contributed by atoms with Gasteiger partial charge in [-0.05, 0) is 30.0 Å². The molecule has 0 bridgehead atoms. The van der Waals surface area contributed by atoms with Crippen LogP contribution in [-0.2, 0) is 16.8 Å². The van der Waals surface area contributed by atoms with Crippen molar-refractivity contribution in [2.24, 2.45) is 5.73 Å². The van der Waals surface area contributed by atoms with E-state index in [0.717, 1.165) is 32.5 Å². The summed E-state index contributed by atoms with van der Waals surface area (Å²) >= 11 is 0. The number of amides is 1. The van der Waals surface area contributed by atoms with E-state index in [-0.39, 0.29) is 11.3 Å². The molecule has 1 fully saturated rings. The Bertz CT molecular complexity index is 504. The number of nitrogens with zero attached hydrogens (tertiary/aromatic N) is 1. The lowest BCUT2D eigenvalue weighted by atomic mass is 9.74. The number of carbonyl (C=O) groups excluding carboxylic acids is 1. The van der Waals surface area contributed by atoms with Gasteiger partial charge in [-0.3, -0.25) is 4.79 Å². The van der Waals surface area contributed by atoms with Crippen molar-refractivity contribution in [3.8, 4) is 0 Å². The van der Waals surface area contributed by atoms with Crippen LogP contribution >= 0.6 is 0 Å². The highest BCUT2D eigenvalue weighted by atomic mass is 16.2. The van der Waals surface area contributed by atoms with Gasteiger partial charge in [-0.25, -0.2) is 0 Å². The Morgan fingerprint density at radius 1 is 1.42 bits per heavy atom. The lowest BCUT2D eigenvalue weighted by molar-refractivity contribution is -0.130. The number of carbonyl (C=O) groups is 1. The summed E-state index contributed by atoms with van der Waals surface area (Å²) in [5.74, 6) is 0.191. The molecule has 2 heterocycles. The van der Waals surface area contributed by atoms with Crippen molar-refractivity contribution in [3.05, 3.63) is 29.3 Å². The number of nitrogens with one attached hydrogen (secondary N) is 1. The van der Waals surface area contributed by atoms with Crippen LogP contribution in [0.4, 0.5) is 5.69 Å². The smallest absolute Gasteiger partial charge is 0.219 e. The third-order valence-electron chi connectivity index (χ3n) is 4.67. The van der Waals surface area contributed by atoms with Gasteiger partial charge < -0.3 is 16.0 Å². The molecule has 0 saturated carbocycles. The van der Waals surface area contributed by atoms with Gasteiger partial charge >= 0.3 is 0 Å². The second kappa shape index (κ2) is 4.53. The molecule has 0 radical (unpaired) electrons. The zero-order chi connectivity index (χ0) is 13.5. The molecule has 0 aromatic heterocycles. The highest BCUT2D eigenvalue weighted by Crippen LogP contribution is 2.44. The monoisotopic (exact) mass is 259 g/mol. The second-order valence-electron chi connectivity index (χ2n) is 5.72. The standard InChI is InChI=1S/C15H21N3O/c1-11(19)18-6-4-15(5-7-18)10-17-14-3-2-12(9-16)8-13(14)15/h2-3,8,17H,4-7,9-10,16H2,1H3. The van der Waals surface area contributed by atoms with E-state index < -0.39 is 0 Å². The molecule has 0 unspecified atom stereocenters. The topological polar surface area (TPSA) is 58.4 Å². The quantitative estimate of drug-likeness (QED) is 0.802. The number of likely N-dealkylation sites (tertiary alicyclic amines) is 1. The van der Waals surface area contributed by atoms with Gasteiger partial charge in [-0.1, -0.05) is 12.1 Å². The Balaban J connectivity index is 1.87. The van der Waals surface area contributed by atoms with Crippen molar-refractivity contribution in [2.75, 3.05) is 25.0 Å². The minimum atomic E-state index is 0.191. The van der Waals surface area contributed by atoms with E-state index in [1.54, 1.807) is 6.92 Å². The Kier molecular flexibility index (Phi) is 2.97. The summed E-state index contributed by atoms with van der Waals surface area (Å²) in [7, 11) is 0. The fraction of sp³-hybridized carbons (Fsp3) is 0.533. The predicted octanol–water partition coefficient (Wildman–Crippen LogP) is 1.45. The predicted molar refractivity (Wildman–Crippen MR) is 76.0 cm³/mol. The van der Waals surface area contributed by atoms with Crippen LogP contribution in [0.25, 0.3) is 0 Å². The van der Waals surface area contributed by atoms with Gasteiger partial charge in [-0.2, -0.15) is 0 Å². The molecule has 3 N–H and O–H groups in total. The second-order valence-corrected chi connectivity index (χ2v) is 5.72. The number of fused-ring (bicyclic) bond motifs is 2. The van der Waals surface area contributed by atoms with E-state index in [9.17, 15) is 4.79 Å². The van der Waals surface area contributed by atoms with Crippen molar-refractivity contribution in [3.63, 3.8) is 0 Å². The van der Waals surface area contributed by atoms with Crippen LogP contribution in [0.5, 0.6) is 0 Å². The van der Waals surface area contributed by atoms with E-state index in [1.165, 1.54) is 16.8 Å².